The Morgan fingerprint density at radius 1 is 1.50 bits per heavy atom. The van der Waals surface area contributed by atoms with Crippen LogP contribution in [0.1, 0.15) is 6.92 Å². The van der Waals surface area contributed by atoms with Gasteiger partial charge in [-0.1, -0.05) is 0 Å². The summed E-state index contributed by atoms with van der Waals surface area (Å²) in [6.07, 6.45) is 3.42. The highest BCUT2D eigenvalue weighted by Crippen LogP contribution is 2.17. The van der Waals surface area contributed by atoms with Gasteiger partial charge in [0.25, 0.3) is 0 Å². The zero-order valence-electron chi connectivity index (χ0n) is 10.1. The van der Waals surface area contributed by atoms with E-state index in [0.29, 0.717) is 25.6 Å². The fourth-order valence-electron chi connectivity index (χ4n) is 2.04. The van der Waals surface area contributed by atoms with Crippen molar-refractivity contribution in [1.29, 1.82) is 0 Å². The van der Waals surface area contributed by atoms with E-state index in [2.05, 4.69) is 30.8 Å². The smallest absolute Gasteiger partial charge is 0.248 e. The fraction of sp³-hybridized carbons (Fsp3) is 0.545. The quantitative estimate of drug-likeness (QED) is 0.848. The third-order valence-corrected chi connectivity index (χ3v) is 3.39. The predicted octanol–water partition coefficient (Wildman–Crippen LogP) is 0.269. The Hall–Kier alpha value is -1.21. The fourth-order valence-corrected chi connectivity index (χ4v) is 2.24. The number of aliphatic hydroxyl groups is 1. The van der Waals surface area contributed by atoms with Crippen molar-refractivity contribution in [2.75, 3.05) is 31.1 Å². The number of carbonyl (C=O) groups excluding carboxylic acids is 1. The molecule has 1 aromatic rings. The van der Waals surface area contributed by atoms with E-state index in [9.17, 15) is 4.79 Å². The number of aliphatic hydroxyl groups excluding tert-OH is 1. The van der Waals surface area contributed by atoms with Crippen LogP contribution < -0.4 is 4.90 Å². The highest BCUT2D eigenvalue weighted by Gasteiger charge is 2.27. The zero-order valence-corrected chi connectivity index (χ0v) is 11.7. The van der Waals surface area contributed by atoms with Gasteiger partial charge in [-0.15, -0.1) is 0 Å². The molecule has 6 nitrogen and oxygen atoms in total. The second-order valence-electron chi connectivity index (χ2n) is 4.24. The molecule has 1 fully saturated rings. The topological polar surface area (TPSA) is 69.6 Å². The maximum absolute atomic E-state index is 11.4. The minimum atomic E-state index is -0.429. The van der Waals surface area contributed by atoms with E-state index >= 15 is 0 Å². The molecule has 0 aliphatic carbocycles. The molecule has 0 unspecified atom stereocenters. The minimum Gasteiger partial charge on any atom is -0.387 e. The van der Waals surface area contributed by atoms with Crippen molar-refractivity contribution in [3.8, 4) is 0 Å². The second-order valence-corrected chi connectivity index (χ2v) is 5.16. The lowest BCUT2D eigenvalue weighted by molar-refractivity contribution is -0.134. The first-order valence-corrected chi connectivity index (χ1v) is 6.54. The lowest BCUT2D eigenvalue weighted by Crippen LogP contribution is -2.54. The van der Waals surface area contributed by atoms with Gasteiger partial charge in [0.05, 0.1) is 4.47 Å². The zero-order chi connectivity index (χ0) is 13.1. The molecule has 1 aliphatic heterocycles. The van der Waals surface area contributed by atoms with Crippen molar-refractivity contribution in [2.45, 2.75) is 13.0 Å². The predicted molar refractivity (Wildman–Crippen MR) is 70.2 cm³/mol. The Kier molecular flexibility index (Phi) is 4.13. The molecule has 0 bridgehead atoms. The molecule has 1 amide bonds. The van der Waals surface area contributed by atoms with E-state index in [-0.39, 0.29) is 11.9 Å². The van der Waals surface area contributed by atoms with Crippen molar-refractivity contribution in [2.24, 2.45) is 0 Å². The molecule has 1 aromatic heterocycles. The van der Waals surface area contributed by atoms with Crippen LogP contribution in [0, 0.1) is 0 Å². The SMILES string of the molecule is C[C@@H]1CN(C(=O)CO)CCN1c1ncc(Br)cn1. The minimum absolute atomic E-state index is 0.135. The van der Waals surface area contributed by atoms with Gasteiger partial charge in [0.2, 0.25) is 11.9 Å². The van der Waals surface area contributed by atoms with Crippen molar-refractivity contribution < 1.29 is 9.90 Å². The van der Waals surface area contributed by atoms with Crippen LogP contribution in [0.5, 0.6) is 0 Å². The number of piperazine rings is 1. The normalized spacial score (nSPS) is 20.1. The molecular formula is C11H15BrN4O2. The average molecular weight is 315 g/mol. The maximum atomic E-state index is 11.4. The Balaban J connectivity index is 2.05. The first-order valence-electron chi connectivity index (χ1n) is 5.74. The Bertz CT molecular complexity index is 426. The number of nitrogens with zero attached hydrogens (tertiary/aromatic N) is 4. The van der Waals surface area contributed by atoms with Crippen LogP contribution in [-0.4, -0.2) is 58.2 Å². The summed E-state index contributed by atoms with van der Waals surface area (Å²) in [5.41, 5.74) is 0. The molecule has 1 atom stereocenters. The van der Waals surface area contributed by atoms with E-state index in [1.807, 2.05) is 6.92 Å². The number of anilines is 1. The third kappa shape index (κ3) is 2.78. The van der Waals surface area contributed by atoms with Crippen LogP contribution >= 0.6 is 15.9 Å². The molecule has 1 N–H and O–H groups in total. The van der Waals surface area contributed by atoms with E-state index in [1.54, 1.807) is 17.3 Å². The molecule has 1 aliphatic rings. The molecule has 98 valence electrons. The Morgan fingerprint density at radius 3 is 2.72 bits per heavy atom. The molecule has 0 radical (unpaired) electrons. The first kappa shape index (κ1) is 13.2. The van der Waals surface area contributed by atoms with E-state index in [1.165, 1.54) is 0 Å². The van der Waals surface area contributed by atoms with Crippen LogP contribution in [0.4, 0.5) is 5.95 Å². The molecule has 18 heavy (non-hydrogen) atoms. The van der Waals surface area contributed by atoms with Gasteiger partial charge in [-0.05, 0) is 22.9 Å². The molecular weight excluding hydrogens is 300 g/mol. The molecule has 2 rings (SSSR count). The summed E-state index contributed by atoms with van der Waals surface area (Å²) < 4.78 is 0.841. The van der Waals surface area contributed by atoms with Crippen LogP contribution in [0.15, 0.2) is 16.9 Å². The summed E-state index contributed by atoms with van der Waals surface area (Å²) in [6, 6.07) is 0.135. The summed E-state index contributed by atoms with van der Waals surface area (Å²) in [5.74, 6) is 0.444. The summed E-state index contributed by atoms with van der Waals surface area (Å²) in [4.78, 5) is 23.7. The Morgan fingerprint density at radius 2 is 2.17 bits per heavy atom. The van der Waals surface area contributed by atoms with Gasteiger partial charge in [-0.2, -0.15) is 0 Å². The summed E-state index contributed by atoms with van der Waals surface area (Å²) in [5, 5.41) is 8.85. The molecule has 0 saturated carbocycles. The molecule has 2 heterocycles. The van der Waals surface area contributed by atoms with Crippen molar-refractivity contribution in [3.63, 3.8) is 0 Å². The number of aromatic nitrogens is 2. The standard InChI is InChI=1S/C11H15BrN4O2/c1-8-6-15(10(18)7-17)2-3-16(8)11-13-4-9(12)5-14-11/h4-5,8,17H,2-3,6-7H2,1H3/t8-/m1/s1. The Labute approximate surface area is 114 Å². The van der Waals surface area contributed by atoms with Crippen LogP contribution in [-0.2, 0) is 4.79 Å². The van der Waals surface area contributed by atoms with Gasteiger partial charge >= 0.3 is 0 Å². The highest BCUT2D eigenvalue weighted by molar-refractivity contribution is 9.10. The van der Waals surface area contributed by atoms with Gasteiger partial charge in [-0.3, -0.25) is 4.79 Å². The van der Waals surface area contributed by atoms with Crippen molar-refractivity contribution >= 4 is 27.8 Å². The molecule has 0 spiro atoms. The van der Waals surface area contributed by atoms with Crippen LogP contribution in [0.2, 0.25) is 0 Å². The summed E-state index contributed by atoms with van der Waals surface area (Å²) in [7, 11) is 0. The lowest BCUT2D eigenvalue weighted by Gasteiger charge is -2.39. The highest BCUT2D eigenvalue weighted by atomic mass is 79.9. The number of carbonyl (C=O) groups is 1. The largest absolute Gasteiger partial charge is 0.387 e. The van der Waals surface area contributed by atoms with Gasteiger partial charge in [-0.25, -0.2) is 9.97 Å². The van der Waals surface area contributed by atoms with Gasteiger partial charge < -0.3 is 14.9 Å². The molecule has 1 saturated heterocycles. The summed E-state index contributed by atoms with van der Waals surface area (Å²) >= 11 is 3.30. The van der Waals surface area contributed by atoms with Gasteiger partial charge in [0.15, 0.2) is 0 Å². The number of halogens is 1. The monoisotopic (exact) mass is 314 g/mol. The van der Waals surface area contributed by atoms with E-state index < -0.39 is 6.61 Å². The number of hydrogen-bond donors (Lipinski definition) is 1. The van der Waals surface area contributed by atoms with Gasteiger partial charge in [0.1, 0.15) is 6.61 Å². The molecule has 7 heteroatoms. The van der Waals surface area contributed by atoms with Crippen LogP contribution in [0.3, 0.4) is 0 Å². The maximum Gasteiger partial charge on any atom is 0.248 e. The lowest BCUT2D eigenvalue weighted by atomic mass is 10.2. The average Bonchev–Trinajstić information content (AvgIpc) is 2.39. The van der Waals surface area contributed by atoms with E-state index in [4.69, 9.17) is 5.11 Å². The second kappa shape index (κ2) is 5.62. The molecule has 0 aromatic carbocycles. The van der Waals surface area contributed by atoms with E-state index in [0.717, 1.165) is 4.47 Å². The number of rotatable bonds is 2. The van der Waals surface area contributed by atoms with Crippen molar-refractivity contribution in [3.05, 3.63) is 16.9 Å². The van der Waals surface area contributed by atoms with Gasteiger partial charge in [0, 0.05) is 38.1 Å². The third-order valence-electron chi connectivity index (χ3n) is 2.98. The summed E-state index contributed by atoms with van der Waals surface area (Å²) in [6.45, 7) is 3.43. The number of amides is 1. The van der Waals surface area contributed by atoms with Crippen molar-refractivity contribution in [1.82, 2.24) is 14.9 Å². The first-order chi connectivity index (χ1) is 8.61. The van der Waals surface area contributed by atoms with Crippen LogP contribution in [0.25, 0.3) is 0 Å². The number of hydrogen-bond acceptors (Lipinski definition) is 5.